The summed E-state index contributed by atoms with van der Waals surface area (Å²) in [6.45, 7) is 8.80. The number of rotatable bonds is 5. The van der Waals surface area contributed by atoms with E-state index < -0.39 is 10.0 Å². The predicted molar refractivity (Wildman–Crippen MR) is 134 cm³/mol. The van der Waals surface area contributed by atoms with Crippen molar-refractivity contribution in [3.8, 4) is 5.75 Å². The summed E-state index contributed by atoms with van der Waals surface area (Å²) >= 11 is 0. The summed E-state index contributed by atoms with van der Waals surface area (Å²) in [7, 11) is 0.0392. The summed E-state index contributed by atoms with van der Waals surface area (Å²) in [4.78, 5) is 5.03. The van der Waals surface area contributed by atoms with Crippen molar-refractivity contribution >= 4 is 45.7 Å². The van der Waals surface area contributed by atoms with Crippen LogP contribution in [-0.2, 0) is 16.6 Å². The lowest BCUT2D eigenvalue weighted by Crippen LogP contribution is -2.44. The Balaban J connectivity index is 0.00000181. The highest BCUT2D eigenvalue weighted by atomic mass is 35.5. The summed E-state index contributed by atoms with van der Waals surface area (Å²) < 4.78 is 33.7. The first-order chi connectivity index (χ1) is 14.3. The second kappa shape index (κ2) is 10.4. The molecule has 0 N–H and O–H groups in total. The average Bonchev–Trinajstić information content (AvgIpc) is 3.08. The van der Waals surface area contributed by atoms with Crippen LogP contribution in [0.3, 0.4) is 0 Å². The second-order valence-electron chi connectivity index (χ2n) is 8.16. The molecule has 0 saturated carbocycles. The van der Waals surface area contributed by atoms with Gasteiger partial charge in [0.2, 0.25) is 0 Å². The molecule has 2 aromatic carbocycles. The third-order valence-corrected chi connectivity index (χ3v) is 7.71. The molecule has 9 heteroatoms. The van der Waals surface area contributed by atoms with Gasteiger partial charge in [0, 0.05) is 44.3 Å². The number of piperazine rings is 1. The van der Waals surface area contributed by atoms with E-state index in [9.17, 15) is 8.42 Å². The number of hydrogen-bond donors (Lipinski definition) is 0. The van der Waals surface area contributed by atoms with E-state index in [1.807, 2.05) is 32.0 Å². The van der Waals surface area contributed by atoms with Crippen LogP contribution < -0.4 is 4.74 Å². The van der Waals surface area contributed by atoms with Crippen molar-refractivity contribution in [1.82, 2.24) is 13.8 Å². The normalized spacial score (nSPS) is 15.2. The van der Waals surface area contributed by atoms with Crippen LogP contribution in [-0.4, -0.2) is 62.5 Å². The Labute approximate surface area is 203 Å². The largest absolute Gasteiger partial charge is 0.497 e. The molecule has 0 aliphatic carbocycles. The third kappa shape index (κ3) is 5.07. The van der Waals surface area contributed by atoms with Gasteiger partial charge in [-0.1, -0.05) is 6.07 Å². The Morgan fingerprint density at radius 1 is 0.938 bits per heavy atom. The molecule has 0 amide bonds. The lowest BCUT2D eigenvalue weighted by atomic mass is 10.1. The van der Waals surface area contributed by atoms with Crippen LogP contribution >= 0.6 is 24.8 Å². The lowest BCUT2D eigenvalue weighted by Gasteiger charge is -2.32. The fourth-order valence-electron chi connectivity index (χ4n) is 4.00. The number of nitrogens with zero attached hydrogens (tertiary/aromatic N) is 3. The summed E-state index contributed by atoms with van der Waals surface area (Å²) in [5.74, 6) is 0.713. The van der Waals surface area contributed by atoms with Crippen molar-refractivity contribution in [3.63, 3.8) is 0 Å². The van der Waals surface area contributed by atoms with Crippen molar-refractivity contribution in [3.05, 3.63) is 59.3 Å². The number of ether oxygens (including phenoxy) is 1. The van der Waals surface area contributed by atoms with Crippen molar-refractivity contribution in [2.45, 2.75) is 25.3 Å². The predicted octanol–water partition coefficient (Wildman–Crippen LogP) is 4.09. The van der Waals surface area contributed by atoms with Gasteiger partial charge in [0.1, 0.15) is 5.75 Å². The van der Waals surface area contributed by atoms with Gasteiger partial charge in [-0.05, 0) is 67.9 Å². The molecule has 0 unspecified atom stereocenters. The molecule has 1 aliphatic heterocycles. The summed E-state index contributed by atoms with van der Waals surface area (Å²) in [5, 5.41) is 0.877. The number of aromatic nitrogens is 1. The Bertz CT molecular complexity index is 1190. The minimum Gasteiger partial charge on any atom is -0.497 e. The number of methoxy groups -OCH3 is 1. The maximum absolute atomic E-state index is 13.5. The van der Waals surface area contributed by atoms with Gasteiger partial charge < -0.3 is 9.64 Å². The zero-order chi connectivity index (χ0) is 21.5. The molecule has 4 rings (SSSR count). The number of benzene rings is 2. The van der Waals surface area contributed by atoms with Gasteiger partial charge >= 0.3 is 0 Å². The van der Waals surface area contributed by atoms with Gasteiger partial charge in [-0.3, -0.25) is 4.90 Å². The van der Waals surface area contributed by atoms with Gasteiger partial charge in [0.25, 0.3) is 10.0 Å². The van der Waals surface area contributed by atoms with Crippen molar-refractivity contribution in [2.24, 2.45) is 0 Å². The standard InChI is InChI=1S/C23H29N3O3S.2ClH/c1-17-5-7-21(13-19(17)16-25-11-9-24(3)10-12-25)30(27,28)26-15-18(2)22-14-20(29-4)6-8-23(22)26;;/h5-8,13-15H,9-12,16H2,1-4H3;2*1H. The molecule has 3 aromatic rings. The van der Waals surface area contributed by atoms with E-state index in [4.69, 9.17) is 4.74 Å². The van der Waals surface area contributed by atoms with Crippen LogP contribution in [0.5, 0.6) is 5.75 Å². The highest BCUT2D eigenvalue weighted by Crippen LogP contribution is 2.29. The van der Waals surface area contributed by atoms with E-state index in [-0.39, 0.29) is 24.8 Å². The van der Waals surface area contributed by atoms with Gasteiger partial charge in [0.05, 0.1) is 17.5 Å². The molecule has 2 heterocycles. The van der Waals surface area contributed by atoms with Crippen LogP contribution in [0.4, 0.5) is 0 Å². The minimum atomic E-state index is -3.70. The molecule has 1 fully saturated rings. The molecule has 1 aromatic heterocycles. The SMILES string of the molecule is COc1ccc2c(c1)c(C)cn2S(=O)(=O)c1ccc(C)c(CN2CCN(C)CC2)c1.Cl.Cl. The lowest BCUT2D eigenvalue weighted by molar-refractivity contribution is 0.148. The molecule has 6 nitrogen and oxygen atoms in total. The Morgan fingerprint density at radius 3 is 2.28 bits per heavy atom. The summed E-state index contributed by atoms with van der Waals surface area (Å²) in [6, 6.07) is 10.9. The number of halogens is 2. The fourth-order valence-corrected chi connectivity index (χ4v) is 5.48. The summed E-state index contributed by atoms with van der Waals surface area (Å²) in [5.41, 5.74) is 3.74. The molecule has 0 spiro atoms. The number of hydrogen-bond acceptors (Lipinski definition) is 5. The highest BCUT2D eigenvalue weighted by molar-refractivity contribution is 7.90. The molecule has 1 saturated heterocycles. The molecule has 0 radical (unpaired) electrons. The Hall–Kier alpha value is -1.77. The monoisotopic (exact) mass is 499 g/mol. The van der Waals surface area contributed by atoms with Crippen LogP contribution in [0.1, 0.15) is 16.7 Å². The molecule has 1 aliphatic rings. The molecule has 0 atom stereocenters. The van der Waals surface area contributed by atoms with E-state index in [0.29, 0.717) is 16.2 Å². The molecule has 32 heavy (non-hydrogen) atoms. The van der Waals surface area contributed by atoms with Crippen molar-refractivity contribution in [1.29, 1.82) is 0 Å². The first-order valence-corrected chi connectivity index (χ1v) is 11.7. The maximum atomic E-state index is 13.5. The zero-order valence-electron chi connectivity index (χ0n) is 18.9. The van der Waals surface area contributed by atoms with Crippen LogP contribution in [0.25, 0.3) is 10.9 Å². The number of likely N-dealkylation sites (N-methyl/N-ethyl adjacent to an activating group) is 1. The van der Waals surface area contributed by atoms with E-state index >= 15 is 0 Å². The smallest absolute Gasteiger partial charge is 0.268 e. The zero-order valence-corrected chi connectivity index (χ0v) is 21.3. The van der Waals surface area contributed by atoms with E-state index in [2.05, 4.69) is 16.8 Å². The first kappa shape index (κ1) is 26.5. The van der Waals surface area contributed by atoms with Gasteiger partial charge in [-0.2, -0.15) is 0 Å². The fraction of sp³-hybridized carbons (Fsp3) is 0.391. The van der Waals surface area contributed by atoms with Crippen LogP contribution in [0, 0.1) is 13.8 Å². The third-order valence-electron chi connectivity index (χ3n) is 6.04. The van der Waals surface area contributed by atoms with Crippen LogP contribution in [0.2, 0.25) is 0 Å². The number of fused-ring (bicyclic) bond motifs is 1. The Kier molecular flexibility index (Phi) is 8.64. The van der Waals surface area contributed by atoms with E-state index in [0.717, 1.165) is 54.8 Å². The molecular weight excluding hydrogens is 469 g/mol. The van der Waals surface area contributed by atoms with Crippen molar-refractivity contribution in [2.75, 3.05) is 40.3 Å². The van der Waals surface area contributed by atoms with Gasteiger partial charge in [-0.25, -0.2) is 12.4 Å². The Morgan fingerprint density at radius 2 is 1.62 bits per heavy atom. The first-order valence-electron chi connectivity index (χ1n) is 10.2. The van der Waals surface area contributed by atoms with Crippen molar-refractivity contribution < 1.29 is 13.2 Å². The van der Waals surface area contributed by atoms with Gasteiger partial charge in [-0.15, -0.1) is 24.8 Å². The molecular formula is C23H31Cl2N3O3S. The van der Waals surface area contributed by atoms with Crippen LogP contribution in [0.15, 0.2) is 47.5 Å². The molecule has 176 valence electrons. The maximum Gasteiger partial charge on any atom is 0.268 e. The molecule has 0 bridgehead atoms. The number of aryl methyl sites for hydroxylation is 2. The summed E-state index contributed by atoms with van der Waals surface area (Å²) in [6.07, 6.45) is 1.69. The second-order valence-corrected chi connectivity index (χ2v) is 9.98. The quantitative estimate of drug-likeness (QED) is 0.528. The van der Waals surface area contributed by atoms with Gasteiger partial charge in [0.15, 0.2) is 0 Å². The van der Waals surface area contributed by atoms with E-state index in [1.54, 1.807) is 31.5 Å². The topological polar surface area (TPSA) is 54.8 Å². The highest BCUT2D eigenvalue weighted by Gasteiger charge is 2.22. The average molecular weight is 500 g/mol. The minimum absolute atomic E-state index is 0. The van der Waals surface area contributed by atoms with E-state index in [1.165, 1.54) is 3.97 Å².